The fraction of sp³-hybridized carbons (Fsp3) is 0.647. The summed E-state index contributed by atoms with van der Waals surface area (Å²) in [4.78, 5) is 18.2. The number of aromatic nitrogens is 1. The fourth-order valence-electron chi connectivity index (χ4n) is 3.30. The molecule has 0 aliphatic heterocycles. The van der Waals surface area contributed by atoms with Crippen molar-refractivity contribution in [1.29, 1.82) is 0 Å². The molecule has 1 aromatic rings. The summed E-state index contributed by atoms with van der Waals surface area (Å²) in [5.74, 6) is -0.613. The van der Waals surface area contributed by atoms with Crippen LogP contribution in [0.1, 0.15) is 51.0 Å². The van der Waals surface area contributed by atoms with E-state index in [0.29, 0.717) is 6.54 Å². The molecule has 0 aromatic carbocycles. The Morgan fingerprint density at radius 1 is 1.24 bits per heavy atom. The van der Waals surface area contributed by atoms with Crippen LogP contribution in [0.15, 0.2) is 24.5 Å². The zero-order valence-electron chi connectivity index (χ0n) is 12.9. The second-order valence-electron chi connectivity index (χ2n) is 6.16. The van der Waals surface area contributed by atoms with Gasteiger partial charge in [0.2, 0.25) is 0 Å². The summed E-state index contributed by atoms with van der Waals surface area (Å²) >= 11 is 0. The lowest BCUT2D eigenvalue weighted by atomic mass is 9.79. The molecule has 0 atom stereocenters. The summed E-state index contributed by atoms with van der Waals surface area (Å²) < 4.78 is 0. The lowest BCUT2D eigenvalue weighted by Gasteiger charge is -2.34. The first-order chi connectivity index (χ1) is 10.2. The number of pyridine rings is 1. The molecule has 1 aromatic heterocycles. The van der Waals surface area contributed by atoms with E-state index < -0.39 is 11.4 Å². The van der Waals surface area contributed by atoms with Gasteiger partial charge in [-0.2, -0.15) is 0 Å². The number of hydrogen-bond acceptors (Lipinski definition) is 3. The molecular weight excluding hydrogens is 264 g/mol. The van der Waals surface area contributed by atoms with Gasteiger partial charge in [-0.25, -0.2) is 0 Å². The van der Waals surface area contributed by atoms with Crippen LogP contribution in [0.5, 0.6) is 0 Å². The molecule has 0 saturated heterocycles. The second kappa shape index (κ2) is 7.55. The van der Waals surface area contributed by atoms with Crippen molar-refractivity contribution < 1.29 is 9.90 Å². The Morgan fingerprint density at radius 3 is 2.38 bits per heavy atom. The standard InChI is InChI=1S/C17H26N2O2/c1-2-19(13-15-7-11-18-12-8-15)14-17(16(20)21)9-5-3-4-6-10-17/h7-8,11-12H,2-6,9-10,13-14H2,1H3,(H,20,21). The number of nitrogens with zero attached hydrogens (tertiary/aromatic N) is 2. The summed E-state index contributed by atoms with van der Waals surface area (Å²) in [5, 5.41) is 9.79. The number of carboxylic acid groups (broad SMARTS) is 1. The highest BCUT2D eigenvalue weighted by atomic mass is 16.4. The minimum absolute atomic E-state index is 0.556. The molecule has 4 nitrogen and oxygen atoms in total. The van der Waals surface area contributed by atoms with Gasteiger partial charge in [-0.15, -0.1) is 0 Å². The van der Waals surface area contributed by atoms with Crippen LogP contribution in [-0.2, 0) is 11.3 Å². The average Bonchev–Trinajstić information content (AvgIpc) is 2.74. The van der Waals surface area contributed by atoms with Crippen molar-refractivity contribution in [3.05, 3.63) is 30.1 Å². The summed E-state index contributed by atoms with van der Waals surface area (Å²) in [6.07, 6.45) is 9.64. The minimum atomic E-state index is -0.613. The lowest BCUT2D eigenvalue weighted by molar-refractivity contribution is -0.151. The summed E-state index contributed by atoms with van der Waals surface area (Å²) in [5.41, 5.74) is 0.639. The van der Waals surface area contributed by atoms with Gasteiger partial charge in [0, 0.05) is 25.5 Å². The van der Waals surface area contributed by atoms with Crippen LogP contribution in [0.4, 0.5) is 0 Å². The minimum Gasteiger partial charge on any atom is -0.481 e. The molecule has 21 heavy (non-hydrogen) atoms. The Balaban J connectivity index is 2.08. The van der Waals surface area contributed by atoms with Crippen molar-refractivity contribution in [2.24, 2.45) is 5.41 Å². The first-order valence-electron chi connectivity index (χ1n) is 8.01. The van der Waals surface area contributed by atoms with E-state index in [1.54, 1.807) is 12.4 Å². The van der Waals surface area contributed by atoms with Gasteiger partial charge in [0.05, 0.1) is 5.41 Å². The molecule has 0 radical (unpaired) electrons. The highest BCUT2D eigenvalue weighted by molar-refractivity contribution is 5.75. The van der Waals surface area contributed by atoms with E-state index >= 15 is 0 Å². The summed E-state index contributed by atoms with van der Waals surface area (Å²) in [6.45, 7) is 4.43. The molecular formula is C17H26N2O2. The number of rotatable bonds is 6. The summed E-state index contributed by atoms with van der Waals surface area (Å²) in [6, 6.07) is 4.01. The molecule has 1 N–H and O–H groups in total. The van der Waals surface area contributed by atoms with Crippen molar-refractivity contribution in [1.82, 2.24) is 9.88 Å². The third kappa shape index (κ3) is 4.27. The van der Waals surface area contributed by atoms with Crippen LogP contribution >= 0.6 is 0 Å². The maximum atomic E-state index is 11.9. The van der Waals surface area contributed by atoms with Crippen LogP contribution in [0.25, 0.3) is 0 Å². The molecule has 0 unspecified atom stereocenters. The molecule has 0 amide bonds. The van der Waals surface area contributed by atoms with Crippen molar-refractivity contribution in [3.63, 3.8) is 0 Å². The molecule has 1 aliphatic rings. The number of carbonyl (C=O) groups is 1. The predicted octanol–water partition coefficient (Wildman–Crippen LogP) is 3.33. The normalized spacial score (nSPS) is 18.4. The number of aliphatic carboxylic acids is 1. The lowest BCUT2D eigenvalue weighted by Crippen LogP contribution is -2.42. The zero-order valence-corrected chi connectivity index (χ0v) is 12.9. The third-order valence-electron chi connectivity index (χ3n) is 4.64. The average molecular weight is 290 g/mol. The van der Waals surface area contributed by atoms with Crippen molar-refractivity contribution in [2.45, 2.75) is 52.0 Å². The smallest absolute Gasteiger partial charge is 0.310 e. The van der Waals surface area contributed by atoms with E-state index in [2.05, 4.69) is 16.8 Å². The van der Waals surface area contributed by atoms with Crippen LogP contribution in [-0.4, -0.2) is 34.0 Å². The summed E-state index contributed by atoms with van der Waals surface area (Å²) in [7, 11) is 0. The number of carboxylic acids is 1. The van der Waals surface area contributed by atoms with E-state index in [1.165, 1.54) is 18.4 Å². The van der Waals surface area contributed by atoms with Gasteiger partial charge in [0.15, 0.2) is 0 Å². The SMILES string of the molecule is CCN(Cc1ccncc1)CC1(C(=O)O)CCCCCC1. The Labute approximate surface area is 127 Å². The monoisotopic (exact) mass is 290 g/mol. The molecule has 0 bridgehead atoms. The van der Waals surface area contributed by atoms with Crippen LogP contribution < -0.4 is 0 Å². The molecule has 0 spiro atoms. The first kappa shape index (κ1) is 16.0. The van der Waals surface area contributed by atoms with E-state index in [4.69, 9.17) is 0 Å². The Kier molecular flexibility index (Phi) is 5.74. The number of hydrogen-bond donors (Lipinski definition) is 1. The Morgan fingerprint density at radius 2 is 1.86 bits per heavy atom. The van der Waals surface area contributed by atoms with Crippen molar-refractivity contribution in [2.75, 3.05) is 13.1 Å². The van der Waals surface area contributed by atoms with E-state index in [-0.39, 0.29) is 0 Å². The van der Waals surface area contributed by atoms with Gasteiger partial charge < -0.3 is 5.11 Å². The van der Waals surface area contributed by atoms with Gasteiger partial charge in [-0.1, -0.05) is 32.6 Å². The highest BCUT2D eigenvalue weighted by Gasteiger charge is 2.39. The van der Waals surface area contributed by atoms with Gasteiger partial charge in [-0.05, 0) is 37.1 Å². The first-order valence-corrected chi connectivity index (χ1v) is 8.01. The van der Waals surface area contributed by atoms with E-state index in [1.807, 2.05) is 12.1 Å². The Hall–Kier alpha value is -1.42. The second-order valence-corrected chi connectivity index (χ2v) is 6.16. The zero-order chi connectivity index (χ0) is 15.1. The maximum Gasteiger partial charge on any atom is 0.310 e. The van der Waals surface area contributed by atoms with E-state index in [9.17, 15) is 9.90 Å². The molecule has 2 rings (SSSR count). The van der Waals surface area contributed by atoms with Gasteiger partial charge in [-0.3, -0.25) is 14.7 Å². The Bertz CT molecular complexity index is 439. The predicted molar refractivity (Wildman–Crippen MR) is 83.0 cm³/mol. The molecule has 1 saturated carbocycles. The van der Waals surface area contributed by atoms with Gasteiger partial charge >= 0.3 is 5.97 Å². The highest BCUT2D eigenvalue weighted by Crippen LogP contribution is 2.36. The van der Waals surface area contributed by atoms with Crippen LogP contribution in [0, 0.1) is 5.41 Å². The van der Waals surface area contributed by atoms with Crippen molar-refractivity contribution >= 4 is 5.97 Å². The van der Waals surface area contributed by atoms with E-state index in [0.717, 1.165) is 38.8 Å². The molecule has 4 heteroatoms. The quantitative estimate of drug-likeness (QED) is 0.817. The fourth-order valence-corrected chi connectivity index (χ4v) is 3.30. The maximum absolute atomic E-state index is 11.9. The van der Waals surface area contributed by atoms with Gasteiger partial charge in [0.1, 0.15) is 0 Å². The van der Waals surface area contributed by atoms with Crippen LogP contribution in [0.3, 0.4) is 0 Å². The third-order valence-corrected chi connectivity index (χ3v) is 4.64. The largest absolute Gasteiger partial charge is 0.481 e. The molecule has 1 aliphatic carbocycles. The van der Waals surface area contributed by atoms with Crippen molar-refractivity contribution in [3.8, 4) is 0 Å². The molecule has 1 heterocycles. The molecule has 116 valence electrons. The molecule has 1 fully saturated rings. The van der Waals surface area contributed by atoms with Crippen LogP contribution in [0.2, 0.25) is 0 Å². The van der Waals surface area contributed by atoms with Gasteiger partial charge in [0.25, 0.3) is 0 Å². The topological polar surface area (TPSA) is 53.4 Å².